The van der Waals surface area contributed by atoms with Gasteiger partial charge in [-0.3, -0.25) is 10.1 Å². The van der Waals surface area contributed by atoms with Crippen molar-refractivity contribution < 1.29 is 9.66 Å². The summed E-state index contributed by atoms with van der Waals surface area (Å²) in [5, 5.41) is 11.0. The van der Waals surface area contributed by atoms with Crippen molar-refractivity contribution in [3.8, 4) is 5.75 Å². The fraction of sp³-hybridized carbons (Fsp3) is 0.250. The first-order chi connectivity index (χ1) is 9.99. The van der Waals surface area contributed by atoms with Gasteiger partial charge in [0.2, 0.25) is 0 Å². The van der Waals surface area contributed by atoms with E-state index in [0.717, 1.165) is 11.1 Å². The summed E-state index contributed by atoms with van der Waals surface area (Å²) in [6.45, 7) is 4.01. The third-order valence-electron chi connectivity index (χ3n) is 3.30. The Morgan fingerprint density at radius 2 is 2.00 bits per heavy atom. The summed E-state index contributed by atoms with van der Waals surface area (Å²) < 4.78 is 5.70. The molecule has 110 valence electrons. The lowest BCUT2D eigenvalue weighted by Gasteiger charge is -2.12. The van der Waals surface area contributed by atoms with E-state index in [4.69, 9.17) is 10.5 Å². The third kappa shape index (κ3) is 3.58. The zero-order valence-corrected chi connectivity index (χ0v) is 12.1. The molecule has 0 saturated heterocycles. The van der Waals surface area contributed by atoms with E-state index in [9.17, 15) is 10.1 Å². The Kier molecular flexibility index (Phi) is 4.55. The molecule has 0 amide bonds. The van der Waals surface area contributed by atoms with Crippen LogP contribution in [0.15, 0.2) is 42.5 Å². The van der Waals surface area contributed by atoms with Gasteiger partial charge in [0.15, 0.2) is 0 Å². The summed E-state index contributed by atoms with van der Waals surface area (Å²) in [5.74, 6) is 0.706. The SMILES string of the molecule is Cc1cc([C@H](C)N)ccc1OCc1ccccc1[N+](=O)[O-]. The molecule has 0 bridgehead atoms. The lowest BCUT2D eigenvalue weighted by Crippen LogP contribution is -2.06. The van der Waals surface area contributed by atoms with Crippen LogP contribution in [-0.2, 0) is 6.61 Å². The molecule has 0 radical (unpaired) electrons. The van der Waals surface area contributed by atoms with E-state index in [-0.39, 0.29) is 18.3 Å². The third-order valence-corrected chi connectivity index (χ3v) is 3.30. The van der Waals surface area contributed by atoms with Crippen LogP contribution in [0.4, 0.5) is 5.69 Å². The van der Waals surface area contributed by atoms with E-state index in [1.54, 1.807) is 18.2 Å². The smallest absolute Gasteiger partial charge is 0.276 e. The topological polar surface area (TPSA) is 78.4 Å². The Balaban J connectivity index is 2.15. The van der Waals surface area contributed by atoms with Crippen molar-refractivity contribution >= 4 is 5.69 Å². The molecular formula is C16H18N2O3. The molecule has 0 aromatic heterocycles. The molecule has 2 rings (SSSR count). The zero-order chi connectivity index (χ0) is 15.4. The maximum absolute atomic E-state index is 11.0. The summed E-state index contributed by atoms with van der Waals surface area (Å²) >= 11 is 0. The van der Waals surface area contributed by atoms with Crippen LogP contribution in [0.5, 0.6) is 5.75 Å². The maximum atomic E-state index is 11.0. The Morgan fingerprint density at radius 3 is 2.62 bits per heavy atom. The van der Waals surface area contributed by atoms with Gasteiger partial charge in [0, 0.05) is 12.1 Å². The fourth-order valence-corrected chi connectivity index (χ4v) is 2.08. The molecule has 2 aromatic rings. The lowest BCUT2D eigenvalue weighted by molar-refractivity contribution is -0.385. The van der Waals surface area contributed by atoms with Crippen molar-refractivity contribution in [3.63, 3.8) is 0 Å². The van der Waals surface area contributed by atoms with Crippen LogP contribution in [0.2, 0.25) is 0 Å². The van der Waals surface area contributed by atoms with Gasteiger partial charge in [-0.2, -0.15) is 0 Å². The Labute approximate surface area is 123 Å². The predicted molar refractivity (Wildman–Crippen MR) is 81.2 cm³/mol. The number of hydrogen-bond acceptors (Lipinski definition) is 4. The van der Waals surface area contributed by atoms with E-state index in [1.165, 1.54) is 6.07 Å². The standard InChI is InChI=1S/C16H18N2O3/c1-11-9-13(12(2)17)7-8-16(11)21-10-14-5-3-4-6-15(14)18(19)20/h3-9,12H,10,17H2,1-2H3/t12-/m0/s1. The number of nitrogens with zero attached hydrogens (tertiary/aromatic N) is 1. The molecule has 0 spiro atoms. The highest BCUT2D eigenvalue weighted by Gasteiger charge is 2.13. The molecule has 0 aliphatic carbocycles. The van der Waals surface area contributed by atoms with Crippen molar-refractivity contribution in [1.82, 2.24) is 0 Å². The molecule has 0 aliphatic rings. The normalized spacial score (nSPS) is 12.0. The number of nitro benzene ring substituents is 1. The van der Waals surface area contributed by atoms with Crippen LogP contribution in [0.3, 0.4) is 0 Å². The van der Waals surface area contributed by atoms with Gasteiger partial charge in [-0.05, 0) is 37.1 Å². The minimum atomic E-state index is -0.398. The molecule has 21 heavy (non-hydrogen) atoms. The number of ether oxygens (including phenoxy) is 1. The molecule has 0 saturated carbocycles. The van der Waals surface area contributed by atoms with Crippen LogP contribution in [0.1, 0.15) is 29.7 Å². The Bertz CT molecular complexity index is 654. The van der Waals surface area contributed by atoms with Crippen LogP contribution in [0, 0.1) is 17.0 Å². The Hall–Kier alpha value is -2.40. The summed E-state index contributed by atoms with van der Waals surface area (Å²) in [6, 6.07) is 12.3. The molecule has 0 aliphatic heterocycles. The first kappa shape index (κ1) is 15.0. The van der Waals surface area contributed by atoms with E-state index >= 15 is 0 Å². The highest BCUT2D eigenvalue weighted by atomic mass is 16.6. The summed E-state index contributed by atoms with van der Waals surface area (Å²) in [4.78, 5) is 10.6. The van der Waals surface area contributed by atoms with Gasteiger partial charge in [-0.25, -0.2) is 0 Å². The van der Waals surface area contributed by atoms with Crippen molar-refractivity contribution in [2.45, 2.75) is 26.5 Å². The van der Waals surface area contributed by atoms with Crippen molar-refractivity contribution in [2.75, 3.05) is 0 Å². The highest BCUT2D eigenvalue weighted by molar-refractivity contribution is 5.41. The molecule has 1 atom stereocenters. The second-order valence-electron chi connectivity index (χ2n) is 4.99. The summed E-state index contributed by atoms with van der Waals surface area (Å²) in [5.41, 5.74) is 8.45. The van der Waals surface area contributed by atoms with Crippen LogP contribution >= 0.6 is 0 Å². The minimum absolute atomic E-state index is 0.0343. The van der Waals surface area contributed by atoms with Gasteiger partial charge in [-0.15, -0.1) is 0 Å². The second kappa shape index (κ2) is 6.37. The molecule has 0 unspecified atom stereocenters. The Morgan fingerprint density at radius 1 is 1.29 bits per heavy atom. The number of aryl methyl sites for hydroxylation is 1. The van der Waals surface area contributed by atoms with E-state index in [0.29, 0.717) is 11.3 Å². The lowest BCUT2D eigenvalue weighted by atomic mass is 10.1. The quantitative estimate of drug-likeness (QED) is 0.674. The zero-order valence-electron chi connectivity index (χ0n) is 12.1. The summed E-state index contributed by atoms with van der Waals surface area (Å²) in [7, 11) is 0. The average Bonchev–Trinajstić information content (AvgIpc) is 2.46. The number of nitrogens with two attached hydrogens (primary N) is 1. The number of hydrogen-bond donors (Lipinski definition) is 1. The number of nitro groups is 1. The van der Waals surface area contributed by atoms with Gasteiger partial charge in [0.1, 0.15) is 12.4 Å². The van der Waals surface area contributed by atoms with Gasteiger partial charge in [-0.1, -0.05) is 24.3 Å². The van der Waals surface area contributed by atoms with Gasteiger partial charge in [0.05, 0.1) is 10.5 Å². The largest absolute Gasteiger partial charge is 0.488 e. The molecule has 5 nitrogen and oxygen atoms in total. The van der Waals surface area contributed by atoms with Crippen LogP contribution in [-0.4, -0.2) is 4.92 Å². The van der Waals surface area contributed by atoms with E-state index in [1.807, 2.05) is 32.0 Å². The fourth-order valence-electron chi connectivity index (χ4n) is 2.08. The average molecular weight is 286 g/mol. The van der Waals surface area contributed by atoms with Gasteiger partial charge in [0.25, 0.3) is 5.69 Å². The van der Waals surface area contributed by atoms with Gasteiger partial charge >= 0.3 is 0 Å². The highest BCUT2D eigenvalue weighted by Crippen LogP contribution is 2.24. The van der Waals surface area contributed by atoms with Gasteiger partial charge < -0.3 is 10.5 Å². The first-order valence-corrected chi connectivity index (χ1v) is 6.70. The summed E-state index contributed by atoms with van der Waals surface area (Å²) in [6.07, 6.45) is 0. The monoisotopic (exact) mass is 286 g/mol. The van der Waals surface area contributed by atoms with Crippen LogP contribution in [0.25, 0.3) is 0 Å². The first-order valence-electron chi connectivity index (χ1n) is 6.70. The number of rotatable bonds is 5. The van der Waals surface area contributed by atoms with E-state index < -0.39 is 4.92 Å². The number of para-hydroxylation sites is 1. The van der Waals surface area contributed by atoms with Crippen molar-refractivity contribution in [1.29, 1.82) is 0 Å². The molecule has 0 heterocycles. The van der Waals surface area contributed by atoms with Crippen molar-refractivity contribution in [2.24, 2.45) is 5.73 Å². The predicted octanol–water partition coefficient (Wildman–Crippen LogP) is 3.50. The minimum Gasteiger partial charge on any atom is -0.488 e. The molecule has 2 N–H and O–H groups in total. The van der Waals surface area contributed by atoms with E-state index in [2.05, 4.69) is 0 Å². The molecular weight excluding hydrogens is 268 g/mol. The molecule has 5 heteroatoms. The molecule has 0 fully saturated rings. The van der Waals surface area contributed by atoms with Crippen LogP contribution < -0.4 is 10.5 Å². The maximum Gasteiger partial charge on any atom is 0.276 e. The number of benzene rings is 2. The second-order valence-corrected chi connectivity index (χ2v) is 4.99. The molecule has 2 aromatic carbocycles. The van der Waals surface area contributed by atoms with Crippen molar-refractivity contribution in [3.05, 3.63) is 69.3 Å².